The molecule has 3 aliphatic carbocycles. The number of rotatable bonds is 9. The summed E-state index contributed by atoms with van der Waals surface area (Å²) in [6.07, 6.45) is 12.7. The molecule has 2 N–H and O–H groups in total. The molecule has 172 valence electrons. The topological polar surface area (TPSA) is 77.0 Å². The molecule has 0 aromatic rings. The van der Waals surface area contributed by atoms with Crippen molar-refractivity contribution in [3.05, 3.63) is 12.2 Å². The number of guanidine groups is 1. The number of fused-ring (bicyclic) bond motifs is 5. The largest absolute Gasteiger partial charge is 0.357 e. The molecule has 1 aliphatic heterocycles. The molecule has 4 rings (SSSR count). The van der Waals surface area contributed by atoms with E-state index in [1.165, 1.54) is 37.0 Å². The van der Waals surface area contributed by atoms with Crippen LogP contribution in [0.4, 0.5) is 0 Å². The zero-order valence-corrected chi connectivity index (χ0v) is 19.2. The minimum absolute atomic E-state index is 0.0478. The van der Waals surface area contributed by atoms with Crippen LogP contribution in [-0.4, -0.2) is 73.4 Å². The minimum Gasteiger partial charge on any atom is -0.357 e. The van der Waals surface area contributed by atoms with Gasteiger partial charge >= 0.3 is 0 Å². The molecule has 1 heterocycles. The van der Waals surface area contributed by atoms with Crippen molar-refractivity contribution in [1.29, 1.82) is 0 Å². The van der Waals surface area contributed by atoms with Gasteiger partial charge in [-0.25, -0.2) is 0 Å². The fraction of sp³-hybridized carbons (Fsp3) is 0.792. The molecular weight excluding hydrogens is 390 g/mol. The average Bonchev–Trinajstić information content (AvgIpc) is 3.46. The van der Waals surface area contributed by atoms with Crippen LogP contribution in [0.2, 0.25) is 0 Å². The summed E-state index contributed by atoms with van der Waals surface area (Å²) in [5.74, 6) is 1.30. The molecule has 2 bridgehead atoms. The third kappa shape index (κ3) is 4.81. The van der Waals surface area contributed by atoms with Gasteiger partial charge in [0.1, 0.15) is 0 Å². The number of likely N-dealkylation sites (tertiary alicyclic amines) is 1. The number of hydrogen-bond acceptors (Lipinski definition) is 4. The highest BCUT2D eigenvalue weighted by Gasteiger charge is 2.58. The van der Waals surface area contributed by atoms with Crippen LogP contribution in [0.1, 0.15) is 51.9 Å². The standard InChI is InChI=1S/C24H39N5O2/c1-3-25-24(27-13-15-28(2)19-8-5-4-6-9-19)26-12-7-14-29-22(30)20-17-10-11-18(16-17)21(20)23(29)31/h10-11,17-21H,3-9,12-16H2,1-2H3,(H2,25,26,27). The summed E-state index contributed by atoms with van der Waals surface area (Å²) in [4.78, 5) is 34.2. The first-order valence-corrected chi connectivity index (χ1v) is 12.4. The normalized spacial score (nSPS) is 30.5. The van der Waals surface area contributed by atoms with Gasteiger partial charge in [-0.15, -0.1) is 0 Å². The highest BCUT2D eigenvalue weighted by Crippen LogP contribution is 2.52. The minimum atomic E-state index is -0.0915. The molecule has 0 aromatic heterocycles. The zero-order chi connectivity index (χ0) is 21.8. The number of likely N-dealkylation sites (N-methyl/N-ethyl adjacent to an activating group) is 1. The van der Waals surface area contributed by atoms with Gasteiger partial charge in [-0.2, -0.15) is 0 Å². The number of aliphatic imine (C=N–C) groups is 1. The monoisotopic (exact) mass is 429 g/mol. The number of carbonyl (C=O) groups excluding carboxylic acids is 2. The molecule has 0 spiro atoms. The quantitative estimate of drug-likeness (QED) is 0.193. The summed E-state index contributed by atoms with van der Waals surface area (Å²) in [5, 5.41) is 6.73. The van der Waals surface area contributed by atoms with Gasteiger partial charge in [0.2, 0.25) is 11.8 Å². The van der Waals surface area contributed by atoms with Crippen LogP contribution in [0.25, 0.3) is 0 Å². The van der Waals surface area contributed by atoms with Crippen molar-refractivity contribution in [1.82, 2.24) is 20.4 Å². The Bertz CT molecular complexity index is 685. The van der Waals surface area contributed by atoms with Crippen molar-refractivity contribution in [2.75, 3.05) is 39.8 Å². The number of amides is 2. The first-order chi connectivity index (χ1) is 15.1. The molecule has 4 atom stereocenters. The van der Waals surface area contributed by atoms with Gasteiger partial charge in [0.15, 0.2) is 5.96 Å². The Balaban J connectivity index is 1.19. The maximum Gasteiger partial charge on any atom is 0.233 e. The van der Waals surface area contributed by atoms with Crippen molar-refractivity contribution in [2.24, 2.45) is 28.7 Å². The molecule has 7 heteroatoms. The molecule has 4 unspecified atom stereocenters. The van der Waals surface area contributed by atoms with Crippen LogP contribution in [-0.2, 0) is 9.59 Å². The lowest BCUT2D eigenvalue weighted by Crippen LogP contribution is -2.43. The van der Waals surface area contributed by atoms with Crippen LogP contribution in [0, 0.1) is 23.7 Å². The highest BCUT2D eigenvalue weighted by molar-refractivity contribution is 6.06. The van der Waals surface area contributed by atoms with Crippen molar-refractivity contribution < 1.29 is 9.59 Å². The molecule has 2 saturated carbocycles. The molecule has 2 amide bonds. The van der Waals surface area contributed by atoms with Crippen LogP contribution >= 0.6 is 0 Å². The van der Waals surface area contributed by atoms with E-state index < -0.39 is 0 Å². The number of hydrogen-bond donors (Lipinski definition) is 2. The van der Waals surface area contributed by atoms with Gasteiger partial charge in [-0.1, -0.05) is 31.4 Å². The molecule has 0 radical (unpaired) electrons. The van der Waals surface area contributed by atoms with Crippen molar-refractivity contribution in [3.8, 4) is 0 Å². The summed E-state index contributed by atoms with van der Waals surface area (Å²) in [6.45, 7) is 5.83. The molecular formula is C24H39N5O2. The first-order valence-electron chi connectivity index (χ1n) is 12.4. The fourth-order valence-corrected chi connectivity index (χ4v) is 6.00. The van der Waals surface area contributed by atoms with Gasteiger partial charge in [0.25, 0.3) is 0 Å². The van der Waals surface area contributed by atoms with Crippen LogP contribution < -0.4 is 10.6 Å². The zero-order valence-electron chi connectivity index (χ0n) is 19.2. The third-order valence-electron chi connectivity index (χ3n) is 7.67. The summed E-state index contributed by atoms with van der Waals surface area (Å²) in [5.41, 5.74) is 0. The summed E-state index contributed by atoms with van der Waals surface area (Å²) in [7, 11) is 2.23. The summed E-state index contributed by atoms with van der Waals surface area (Å²) < 4.78 is 0. The van der Waals surface area contributed by atoms with Gasteiger partial charge in [0.05, 0.1) is 11.8 Å². The van der Waals surface area contributed by atoms with Crippen molar-refractivity contribution >= 4 is 17.8 Å². The fourth-order valence-electron chi connectivity index (χ4n) is 6.00. The molecule has 31 heavy (non-hydrogen) atoms. The Morgan fingerprint density at radius 3 is 2.42 bits per heavy atom. The molecule has 4 aliphatic rings. The molecule has 3 fully saturated rings. The van der Waals surface area contributed by atoms with Crippen molar-refractivity contribution in [2.45, 2.75) is 57.9 Å². The van der Waals surface area contributed by atoms with E-state index in [0.717, 1.165) is 38.1 Å². The number of nitrogens with zero attached hydrogens (tertiary/aromatic N) is 3. The van der Waals surface area contributed by atoms with Gasteiger partial charge in [-0.3, -0.25) is 19.5 Å². The van der Waals surface area contributed by atoms with E-state index in [4.69, 9.17) is 0 Å². The van der Waals surface area contributed by atoms with E-state index in [0.29, 0.717) is 19.5 Å². The lowest BCUT2D eigenvalue weighted by atomic mass is 9.85. The van der Waals surface area contributed by atoms with Gasteiger partial charge in [-0.05, 0) is 51.5 Å². The molecule has 1 saturated heterocycles. The summed E-state index contributed by atoms with van der Waals surface area (Å²) in [6, 6.07) is 0.718. The lowest BCUT2D eigenvalue weighted by Gasteiger charge is -2.31. The van der Waals surface area contributed by atoms with Crippen LogP contribution in [0.15, 0.2) is 17.1 Å². The van der Waals surface area contributed by atoms with E-state index in [1.807, 2.05) is 0 Å². The van der Waals surface area contributed by atoms with Crippen LogP contribution in [0.5, 0.6) is 0 Å². The van der Waals surface area contributed by atoms with Crippen molar-refractivity contribution in [3.63, 3.8) is 0 Å². The predicted octanol–water partition coefficient (Wildman–Crippen LogP) is 2.00. The van der Waals surface area contributed by atoms with E-state index >= 15 is 0 Å². The molecule has 7 nitrogen and oxygen atoms in total. The average molecular weight is 430 g/mol. The lowest BCUT2D eigenvalue weighted by molar-refractivity contribution is -0.140. The second-order valence-electron chi connectivity index (χ2n) is 9.64. The van der Waals surface area contributed by atoms with Gasteiger partial charge < -0.3 is 15.5 Å². The van der Waals surface area contributed by atoms with E-state index in [9.17, 15) is 9.59 Å². The maximum atomic E-state index is 12.8. The third-order valence-corrected chi connectivity index (χ3v) is 7.67. The maximum absolute atomic E-state index is 12.8. The highest BCUT2D eigenvalue weighted by atomic mass is 16.2. The van der Waals surface area contributed by atoms with Gasteiger partial charge in [0, 0.05) is 38.8 Å². The smallest absolute Gasteiger partial charge is 0.233 e. The Morgan fingerprint density at radius 1 is 1.10 bits per heavy atom. The number of allylic oxidation sites excluding steroid dienone is 2. The van der Waals surface area contributed by atoms with E-state index in [-0.39, 0.29) is 35.5 Å². The Morgan fingerprint density at radius 2 is 1.77 bits per heavy atom. The second kappa shape index (κ2) is 10.2. The molecule has 0 aromatic carbocycles. The predicted molar refractivity (Wildman–Crippen MR) is 123 cm³/mol. The van der Waals surface area contributed by atoms with E-state index in [1.54, 1.807) is 0 Å². The Hall–Kier alpha value is -1.89. The second-order valence-corrected chi connectivity index (χ2v) is 9.64. The van der Waals surface area contributed by atoms with E-state index in [2.05, 4.69) is 46.6 Å². The SMILES string of the molecule is CCNC(=NCCCN1C(=O)C2C3C=CC(C3)C2C1=O)NCCN(C)C1CCCCC1. The Kier molecular flexibility index (Phi) is 7.31. The number of imide groups is 1. The summed E-state index contributed by atoms with van der Waals surface area (Å²) >= 11 is 0. The number of nitrogens with one attached hydrogen (secondary N) is 2. The number of carbonyl (C=O) groups is 2. The van der Waals surface area contributed by atoms with Crippen LogP contribution in [0.3, 0.4) is 0 Å². The first kappa shape index (κ1) is 22.3. The Labute approximate surface area is 186 Å².